The lowest BCUT2D eigenvalue weighted by atomic mass is 10.0. The molecular formula is C22H27ClFN5. The second-order valence-electron chi connectivity index (χ2n) is 7.61. The van der Waals surface area contributed by atoms with Gasteiger partial charge in [-0.15, -0.1) is 0 Å². The van der Waals surface area contributed by atoms with E-state index in [1.54, 1.807) is 18.5 Å². The number of anilines is 1. The molecule has 0 saturated carbocycles. The van der Waals surface area contributed by atoms with Crippen molar-refractivity contribution in [3.8, 4) is 11.1 Å². The third-order valence-electron chi connectivity index (χ3n) is 5.54. The zero-order chi connectivity index (χ0) is 20.1. The Bertz CT molecular complexity index is 936. The molecule has 0 unspecified atom stereocenters. The first kappa shape index (κ1) is 20.1. The molecule has 4 heterocycles. The largest absolute Gasteiger partial charge is 0.356 e. The van der Waals surface area contributed by atoms with E-state index in [9.17, 15) is 4.39 Å². The first-order chi connectivity index (χ1) is 14.2. The molecule has 0 bridgehead atoms. The minimum atomic E-state index is -0.414. The highest BCUT2D eigenvalue weighted by Gasteiger charge is 2.19. The van der Waals surface area contributed by atoms with Gasteiger partial charge < -0.3 is 15.2 Å². The predicted molar refractivity (Wildman–Crippen MR) is 117 cm³/mol. The zero-order valence-corrected chi connectivity index (χ0v) is 17.3. The molecular weight excluding hydrogens is 389 g/mol. The van der Waals surface area contributed by atoms with Crippen molar-refractivity contribution in [2.24, 2.45) is 0 Å². The van der Waals surface area contributed by atoms with E-state index >= 15 is 0 Å². The molecule has 1 aromatic carbocycles. The second kappa shape index (κ2) is 9.55. The summed E-state index contributed by atoms with van der Waals surface area (Å²) in [4.78, 5) is 14.3. The lowest BCUT2D eigenvalue weighted by Gasteiger charge is -2.28. The van der Waals surface area contributed by atoms with Crippen LogP contribution in [0.25, 0.3) is 22.2 Å². The molecule has 0 radical (unpaired) electrons. The van der Waals surface area contributed by atoms with Gasteiger partial charge in [-0.3, -0.25) is 0 Å². The van der Waals surface area contributed by atoms with Crippen LogP contribution in [0.3, 0.4) is 0 Å². The highest BCUT2D eigenvalue weighted by atomic mass is 35.5. The van der Waals surface area contributed by atoms with Gasteiger partial charge in [-0.1, -0.05) is 24.1 Å². The summed E-state index contributed by atoms with van der Waals surface area (Å²) in [6.45, 7) is 4.50. The fraction of sp³-hybridized carbons (Fsp3) is 0.455. The topological polar surface area (TPSA) is 56.8 Å². The lowest BCUT2D eigenvalue weighted by molar-refractivity contribution is 0.520. The maximum absolute atomic E-state index is 13.5. The van der Waals surface area contributed by atoms with Gasteiger partial charge in [0.1, 0.15) is 23.6 Å². The zero-order valence-electron chi connectivity index (χ0n) is 16.6. The monoisotopic (exact) mass is 415 g/mol. The molecule has 7 heteroatoms. The van der Waals surface area contributed by atoms with Crippen LogP contribution in [0, 0.1) is 5.82 Å². The van der Waals surface area contributed by atoms with Crippen LogP contribution >= 0.6 is 11.6 Å². The molecule has 2 N–H and O–H groups in total. The number of nitrogens with zero attached hydrogens (tertiary/aromatic N) is 3. The van der Waals surface area contributed by atoms with E-state index in [2.05, 4.69) is 25.2 Å². The van der Waals surface area contributed by atoms with E-state index < -0.39 is 5.82 Å². The molecule has 2 aliphatic rings. The SMILES string of the molecule is C1CCNCC1.Fc1ccc(-c2c[nH]c3ncnc(N4CCCCC4)c23)cc1Cl. The number of rotatable bonds is 2. The van der Waals surface area contributed by atoms with E-state index in [0.29, 0.717) is 0 Å². The Labute approximate surface area is 175 Å². The van der Waals surface area contributed by atoms with Gasteiger partial charge >= 0.3 is 0 Å². The number of benzene rings is 1. The quantitative estimate of drug-likeness (QED) is 0.606. The van der Waals surface area contributed by atoms with Crippen molar-refractivity contribution in [3.05, 3.63) is 41.6 Å². The van der Waals surface area contributed by atoms with Crippen molar-refractivity contribution in [2.45, 2.75) is 38.5 Å². The molecule has 0 atom stereocenters. The van der Waals surface area contributed by atoms with Gasteiger partial charge in [-0.25, -0.2) is 14.4 Å². The number of hydrogen-bond donors (Lipinski definition) is 2. The summed E-state index contributed by atoms with van der Waals surface area (Å²) in [5.41, 5.74) is 2.59. The Balaban J connectivity index is 0.000000294. The summed E-state index contributed by atoms with van der Waals surface area (Å²) in [5, 5.41) is 4.37. The van der Waals surface area contributed by atoms with Crippen molar-refractivity contribution in [1.82, 2.24) is 20.3 Å². The van der Waals surface area contributed by atoms with Gasteiger partial charge in [0.15, 0.2) is 0 Å². The lowest BCUT2D eigenvalue weighted by Crippen LogP contribution is -2.30. The Morgan fingerprint density at radius 3 is 2.38 bits per heavy atom. The van der Waals surface area contributed by atoms with E-state index in [1.165, 1.54) is 57.7 Å². The van der Waals surface area contributed by atoms with Crippen LogP contribution in [0.1, 0.15) is 38.5 Å². The first-order valence-corrected chi connectivity index (χ1v) is 10.8. The van der Waals surface area contributed by atoms with Crippen molar-refractivity contribution in [2.75, 3.05) is 31.1 Å². The minimum Gasteiger partial charge on any atom is -0.356 e. The summed E-state index contributed by atoms with van der Waals surface area (Å²) in [6.07, 6.45) is 11.3. The highest BCUT2D eigenvalue weighted by molar-refractivity contribution is 6.31. The Morgan fingerprint density at radius 1 is 0.966 bits per heavy atom. The molecule has 2 aromatic heterocycles. The molecule has 3 aromatic rings. The maximum Gasteiger partial charge on any atom is 0.143 e. The molecule has 154 valence electrons. The maximum atomic E-state index is 13.5. The number of nitrogens with one attached hydrogen (secondary N) is 2. The summed E-state index contributed by atoms with van der Waals surface area (Å²) in [5.74, 6) is 0.522. The first-order valence-electron chi connectivity index (χ1n) is 10.5. The Hall–Kier alpha value is -2.18. The number of fused-ring (bicyclic) bond motifs is 1. The van der Waals surface area contributed by atoms with E-state index in [-0.39, 0.29) is 5.02 Å². The number of aromatic amines is 1. The number of piperidine rings is 2. The van der Waals surface area contributed by atoms with Gasteiger partial charge in [-0.05, 0) is 62.9 Å². The fourth-order valence-electron chi connectivity index (χ4n) is 3.99. The Kier molecular flexibility index (Phi) is 6.62. The van der Waals surface area contributed by atoms with E-state index in [1.807, 2.05) is 6.20 Å². The van der Waals surface area contributed by atoms with Gasteiger partial charge in [-0.2, -0.15) is 0 Å². The van der Waals surface area contributed by atoms with Gasteiger partial charge in [0, 0.05) is 24.8 Å². The second-order valence-corrected chi connectivity index (χ2v) is 8.02. The van der Waals surface area contributed by atoms with Gasteiger partial charge in [0.05, 0.1) is 10.4 Å². The van der Waals surface area contributed by atoms with Crippen molar-refractivity contribution >= 4 is 28.5 Å². The summed E-state index contributed by atoms with van der Waals surface area (Å²) in [7, 11) is 0. The smallest absolute Gasteiger partial charge is 0.143 e. The average molecular weight is 416 g/mol. The van der Waals surface area contributed by atoms with Crippen LogP contribution in [-0.4, -0.2) is 41.1 Å². The molecule has 2 fully saturated rings. The normalized spacial score (nSPS) is 17.1. The number of aromatic nitrogens is 3. The van der Waals surface area contributed by atoms with Crippen molar-refractivity contribution in [3.63, 3.8) is 0 Å². The summed E-state index contributed by atoms with van der Waals surface area (Å²) >= 11 is 5.94. The summed E-state index contributed by atoms with van der Waals surface area (Å²) < 4.78 is 13.5. The van der Waals surface area contributed by atoms with Crippen molar-refractivity contribution in [1.29, 1.82) is 0 Å². The molecule has 2 aliphatic heterocycles. The molecule has 2 saturated heterocycles. The third-order valence-corrected chi connectivity index (χ3v) is 5.83. The van der Waals surface area contributed by atoms with Crippen molar-refractivity contribution < 1.29 is 4.39 Å². The number of H-pyrrole nitrogens is 1. The van der Waals surface area contributed by atoms with Gasteiger partial charge in [0.25, 0.3) is 0 Å². The average Bonchev–Trinajstić information content (AvgIpc) is 3.22. The molecule has 29 heavy (non-hydrogen) atoms. The van der Waals surface area contributed by atoms with Crippen LogP contribution in [0.4, 0.5) is 10.2 Å². The van der Waals surface area contributed by atoms with Crippen LogP contribution in [0.15, 0.2) is 30.7 Å². The predicted octanol–water partition coefficient (Wildman–Crippen LogP) is 5.17. The number of hydrogen-bond acceptors (Lipinski definition) is 4. The summed E-state index contributed by atoms with van der Waals surface area (Å²) in [6, 6.07) is 4.77. The number of halogens is 2. The molecule has 5 nitrogen and oxygen atoms in total. The molecule has 5 rings (SSSR count). The van der Waals surface area contributed by atoms with Crippen LogP contribution in [-0.2, 0) is 0 Å². The molecule has 0 aliphatic carbocycles. The van der Waals surface area contributed by atoms with Crippen LogP contribution in [0.2, 0.25) is 5.02 Å². The Morgan fingerprint density at radius 2 is 1.72 bits per heavy atom. The van der Waals surface area contributed by atoms with Crippen LogP contribution in [0.5, 0.6) is 0 Å². The van der Waals surface area contributed by atoms with Crippen LogP contribution < -0.4 is 10.2 Å². The molecule has 0 amide bonds. The fourth-order valence-corrected chi connectivity index (χ4v) is 4.17. The van der Waals surface area contributed by atoms with E-state index in [0.717, 1.165) is 41.1 Å². The molecule has 0 spiro atoms. The highest BCUT2D eigenvalue weighted by Crippen LogP contribution is 2.35. The van der Waals surface area contributed by atoms with Gasteiger partial charge in [0.2, 0.25) is 0 Å². The van der Waals surface area contributed by atoms with E-state index in [4.69, 9.17) is 11.6 Å². The standard InChI is InChI=1S/C17H16ClFN4.C5H11N/c18-13-8-11(4-5-14(13)19)12-9-20-16-15(12)17(22-10-21-16)23-6-2-1-3-7-23;1-2-4-6-5-3-1/h4-5,8-10H,1-3,6-7H2,(H,20,21,22);6H,1-5H2. The third kappa shape index (κ3) is 4.70. The minimum absolute atomic E-state index is 0.119.